The summed E-state index contributed by atoms with van der Waals surface area (Å²) in [7, 11) is 0. The van der Waals surface area contributed by atoms with Crippen molar-refractivity contribution in [2.75, 3.05) is 0 Å². The van der Waals surface area contributed by atoms with E-state index in [9.17, 15) is 0 Å². The number of hydrogen-bond acceptors (Lipinski definition) is 4. The van der Waals surface area contributed by atoms with Gasteiger partial charge in [-0.2, -0.15) is 0 Å². The number of halogens is 1. The van der Waals surface area contributed by atoms with Crippen LogP contribution in [0.4, 0.5) is 0 Å². The van der Waals surface area contributed by atoms with Crippen LogP contribution in [0.25, 0.3) is 0 Å². The number of amidine groups is 1. The van der Waals surface area contributed by atoms with Gasteiger partial charge in [-0.15, -0.1) is 11.3 Å². The molecule has 1 aromatic heterocycles. The predicted octanol–water partition coefficient (Wildman–Crippen LogP) is 2.05. The standard InChI is InChI=1S/C10H15ClN4S/c1-5(9(11)12)10(13)14-4-8-6(2)15-7(3)16-8/h4,12H2,1-3H3,(H2,13,14). The van der Waals surface area contributed by atoms with Gasteiger partial charge in [0.25, 0.3) is 0 Å². The lowest BCUT2D eigenvalue weighted by molar-refractivity contribution is 1.05. The highest BCUT2D eigenvalue weighted by molar-refractivity contribution is 7.11. The van der Waals surface area contributed by atoms with Crippen LogP contribution in [0.5, 0.6) is 0 Å². The van der Waals surface area contributed by atoms with Gasteiger partial charge in [0.05, 0.1) is 17.2 Å². The topological polar surface area (TPSA) is 77.3 Å². The Bertz CT molecular complexity index is 444. The second-order valence-electron chi connectivity index (χ2n) is 3.42. The van der Waals surface area contributed by atoms with Crippen molar-refractivity contribution in [2.24, 2.45) is 16.5 Å². The number of hydrogen-bond donors (Lipinski definition) is 2. The molecular formula is C10H15ClN4S. The summed E-state index contributed by atoms with van der Waals surface area (Å²) in [5.74, 6) is 0.373. The van der Waals surface area contributed by atoms with Crippen molar-refractivity contribution < 1.29 is 0 Å². The van der Waals surface area contributed by atoms with Gasteiger partial charge in [0.2, 0.25) is 0 Å². The molecule has 1 aromatic rings. The molecule has 0 aliphatic rings. The van der Waals surface area contributed by atoms with E-state index >= 15 is 0 Å². The lowest BCUT2D eigenvalue weighted by Crippen LogP contribution is -2.16. The van der Waals surface area contributed by atoms with Gasteiger partial charge in [0.1, 0.15) is 11.0 Å². The maximum absolute atomic E-state index is 5.73. The van der Waals surface area contributed by atoms with E-state index in [4.69, 9.17) is 23.1 Å². The van der Waals surface area contributed by atoms with Gasteiger partial charge in [0.15, 0.2) is 0 Å². The number of nitrogens with two attached hydrogens (primary N) is 2. The molecule has 0 saturated heterocycles. The van der Waals surface area contributed by atoms with Gasteiger partial charge in [-0.25, -0.2) is 4.98 Å². The smallest absolute Gasteiger partial charge is 0.124 e. The number of aliphatic imine (C=N–C) groups is 1. The molecule has 0 fully saturated rings. The number of aryl methyl sites for hydroxylation is 2. The summed E-state index contributed by atoms with van der Waals surface area (Å²) in [6.45, 7) is 6.19. The van der Waals surface area contributed by atoms with Gasteiger partial charge in [0, 0.05) is 10.5 Å². The molecule has 0 saturated carbocycles. The Morgan fingerprint density at radius 1 is 1.44 bits per heavy atom. The highest BCUT2D eigenvalue weighted by Crippen LogP contribution is 2.18. The summed E-state index contributed by atoms with van der Waals surface area (Å²) in [5, 5.41) is 1.21. The predicted molar refractivity (Wildman–Crippen MR) is 69.7 cm³/mol. The highest BCUT2D eigenvalue weighted by atomic mass is 35.5. The Kier molecular flexibility index (Phi) is 4.32. The third-order valence-corrected chi connectivity index (χ3v) is 3.48. The maximum Gasteiger partial charge on any atom is 0.124 e. The summed E-state index contributed by atoms with van der Waals surface area (Å²) >= 11 is 7.25. The first-order chi connectivity index (χ1) is 7.41. The number of rotatable bonds is 3. The van der Waals surface area contributed by atoms with Gasteiger partial charge in [-0.1, -0.05) is 11.6 Å². The average molecular weight is 259 g/mol. The van der Waals surface area contributed by atoms with Crippen molar-refractivity contribution in [3.63, 3.8) is 0 Å². The first-order valence-electron chi connectivity index (χ1n) is 4.77. The molecule has 0 aliphatic carbocycles. The minimum atomic E-state index is 0.179. The van der Waals surface area contributed by atoms with Crippen LogP contribution in [0.2, 0.25) is 0 Å². The quantitative estimate of drug-likeness (QED) is 0.495. The van der Waals surface area contributed by atoms with E-state index in [0.29, 0.717) is 18.0 Å². The molecule has 0 unspecified atom stereocenters. The zero-order chi connectivity index (χ0) is 12.3. The van der Waals surface area contributed by atoms with Crippen LogP contribution in [-0.2, 0) is 6.54 Å². The lowest BCUT2D eigenvalue weighted by atomic mass is 10.3. The van der Waals surface area contributed by atoms with E-state index in [1.807, 2.05) is 13.8 Å². The van der Waals surface area contributed by atoms with Crippen LogP contribution in [0, 0.1) is 13.8 Å². The second kappa shape index (κ2) is 5.32. The summed E-state index contributed by atoms with van der Waals surface area (Å²) in [4.78, 5) is 9.66. The van der Waals surface area contributed by atoms with Crippen LogP contribution in [-0.4, -0.2) is 10.8 Å². The van der Waals surface area contributed by atoms with Crippen LogP contribution in [0.3, 0.4) is 0 Å². The fraction of sp³-hybridized carbons (Fsp3) is 0.400. The van der Waals surface area contributed by atoms with E-state index in [1.54, 1.807) is 18.3 Å². The fourth-order valence-corrected chi connectivity index (χ4v) is 2.08. The summed E-state index contributed by atoms with van der Waals surface area (Å²) in [5.41, 5.74) is 12.8. The maximum atomic E-state index is 5.73. The largest absolute Gasteiger partial charge is 0.389 e. The van der Waals surface area contributed by atoms with Crippen molar-refractivity contribution in [1.82, 2.24) is 4.98 Å². The Morgan fingerprint density at radius 2 is 2.06 bits per heavy atom. The molecule has 4 nitrogen and oxygen atoms in total. The molecule has 16 heavy (non-hydrogen) atoms. The number of aromatic nitrogens is 1. The molecule has 88 valence electrons. The molecule has 0 spiro atoms. The molecular weight excluding hydrogens is 244 g/mol. The number of nitrogens with zero attached hydrogens (tertiary/aromatic N) is 2. The van der Waals surface area contributed by atoms with Crippen molar-refractivity contribution in [3.8, 4) is 0 Å². The molecule has 0 radical (unpaired) electrons. The van der Waals surface area contributed by atoms with Crippen LogP contribution >= 0.6 is 22.9 Å². The van der Waals surface area contributed by atoms with Gasteiger partial charge < -0.3 is 11.5 Å². The highest BCUT2D eigenvalue weighted by Gasteiger charge is 2.05. The van der Waals surface area contributed by atoms with Gasteiger partial charge in [-0.05, 0) is 20.8 Å². The first-order valence-corrected chi connectivity index (χ1v) is 5.96. The molecule has 0 amide bonds. The molecule has 1 rings (SSSR count). The molecule has 4 N–H and O–H groups in total. The van der Waals surface area contributed by atoms with Crippen molar-refractivity contribution in [3.05, 3.63) is 26.3 Å². The van der Waals surface area contributed by atoms with E-state index < -0.39 is 0 Å². The van der Waals surface area contributed by atoms with Crippen molar-refractivity contribution in [2.45, 2.75) is 27.3 Å². The lowest BCUT2D eigenvalue weighted by Gasteiger charge is -2.01. The Morgan fingerprint density at radius 3 is 2.50 bits per heavy atom. The van der Waals surface area contributed by atoms with E-state index in [2.05, 4.69) is 9.98 Å². The molecule has 0 atom stereocenters. The van der Waals surface area contributed by atoms with Crippen molar-refractivity contribution >= 4 is 28.8 Å². The average Bonchev–Trinajstić information content (AvgIpc) is 2.52. The molecule has 0 aliphatic heterocycles. The molecule has 0 aromatic carbocycles. The third-order valence-electron chi connectivity index (χ3n) is 2.14. The van der Waals surface area contributed by atoms with Crippen LogP contribution < -0.4 is 11.5 Å². The fourth-order valence-electron chi connectivity index (χ4n) is 1.12. The number of thiazole rings is 1. The molecule has 1 heterocycles. The van der Waals surface area contributed by atoms with Gasteiger partial charge in [-0.3, -0.25) is 4.99 Å². The summed E-state index contributed by atoms with van der Waals surface area (Å²) < 4.78 is 0. The van der Waals surface area contributed by atoms with E-state index in [0.717, 1.165) is 15.6 Å². The first kappa shape index (κ1) is 13.0. The summed E-state index contributed by atoms with van der Waals surface area (Å²) in [6.07, 6.45) is 0. The van der Waals surface area contributed by atoms with Crippen molar-refractivity contribution in [1.29, 1.82) is 0 Å². The Labute approximate surface area is 104 Å². The second-order valence-corrected chi connectivity index (χ2v) is 5.11. The molecule has 0 bridgehead atoms. The minimum Gasteiger partial charge on any atom is -0.389 e. The minimum absolute atomic E-state index is 0.179. The monoisotopic (exact) mass is 258 g/mol. The SMILES string of the molecule is CC(C(N)=NCc1sc(C)nc1C)=C(N)Cl. The van der Waals surface area contributed by atoms with E-state index in [-0.39, 0.29) is 5.16 Å². The molecule has 6 heteroatoms. The summed E-state index contributed by atoms with van der Waals surface area (Å²) in [6, 6.07) is 0. The van der Waals surface area contributed by atoms with E-state index in [1.165, 1.54) is 0 Å². The normalized spacial score (nSPS) is 13.9. The van der Waals surface area contributed by atoms with Crippen LogP contribution in [0.15, 0.2) is 15.7 Å². The third kappa shape index (κ3) is 3.21. The zero-order valence-electron chi connectivity index (χ0n) is 9.54. The Hall–Kier alpha value is -1.07. The Balaban J connectivity index is 2.81. The zero-order valence-corrected chi connectivity index (χ0v) is 11.1. The van der Waals surface area contributed by atoms with Crippen LogP contribution in [0.1, 0.15) is 22.5 Å². The van der Waals surface area contributed by atoms with Gasteiger partial charge >= 0.3 is 0 Å².